The number of nitrogen functional groups attached to an aromatic ring is 1. The van der Waals surface area contributed by atoms with Gasteiger partial charge in [0.2, 0.25) is 0 Å². The maximum Gasteiger partial charge on any atom is 0.352 e. The Hall–Kier alpha value is -3.75. The highest BCUT2D eigenvalue weighted by atomic mass is 32.2. The van der Waals surface area contributed by atoms with Gasteiger partial charge in [-0.3, -0.25) is 14.5 Å². The Balaban J connectivity index is 1.37. The van der Waals surface area contributed by atoms with Crippen LogP contribution in [0.15, 0.2) is 62.1 Å². The number of nitrogens with one attached hydrogen (secondary N) is 1. The second kappa shape index (κ2) is 9.28. The second-order valence-electron chi connectivity index (χ2n) is 8.88. The van der Waals surface area contributed by atoms with Gasteiger partial charge >= 0.3 is 5.97 Å². The highest BCUT2D eigenvalue weighted by Gasteiger charge is 2.54. The van der Waals surface area contributed by atoms with E-state index in [1.807, 2.05) is 32.3 Å². The number of fused-ring (bicyclic) bond motifs is 2. The number of thiazole rings is 1. The number of nitrogens with zero attached hydrogens (tertiary/aromatic N) is 5. The lowest BCUT2D eigenvalue weighted by atomic mass is 9.97. The van der Waals surface area contributed by atoms with Crippen LogP contribution in [-0.2, 0) is 19.2 Å². The van der Waals surface area contributed by atoms with Gasteiger partial charge < -0.3 is 21.0 Å². The normalized spacial score (nSPS) is 26.6. The van der Waals surface area contributed by atoms with Gasteiger partial charge in [0, 0.05) is 34.8 Å². The summed E-state index contributed by atoms with van der Waals surface area (Å²) in [4.78, 5) is 48.4. The average Bonchev–Trinajstić information content (AvgIpc) is 3.42. The van der Waals surface area contributed by atoms with E-state index in [1.165, 1.54) is 23.8 Å². The molecule has 1 saturated heterocycles. The van der Waals surface area contributed by atoms with Crippen molar-refractivity contribution in [1.29, 1.82) is 0 Å². The number of oxime groups is 1. The highest BCUT2D eigenvalue weighted by molar-refractivity contribution is 8.00. The number of carbonyl (C=O) groups excluding carboxylic acids is 2. The number of likely N-dealkylation sites (N-methyl/N-ethyl adjacent to an activating group) is 1. The zero-order valence-electron chi connectivity index (χ0n) is 20.2. The number of carbonyl (C=O) groups is 3. The lowest BCUT2D eigenvalue weighted by Crippen LogP contribution is -2.71. The zero-order chi connectivity index (χ0) is 26.5. The fourth-order valence-electron chi connectivity index (χ4n) is 4.71. The van der Waals surface area contributed by atoms with Crippen molar-refractivity contribution in [3.8, 4) is 0 Å². The summed E-state index contributed by atoms with van der Waals surface area (Å²) in [5.41, 5.74) is 9.27. The Morgan fingerprint density at radius 1 is 1.41 bits per heavy atom. The molecule has 1 unspecified atom stereocenters. The smallest absolute Gasteiger partial charge is 0.352 e. The monoisotopic (exact) mass is 542 g/mol. The van der Waals surface area contributed by atoms with Crippen molar-refractivity contribution in [1.82, 2.24) is 15.2 Å². The topological polar surface area (TPSA) is 160 Å². The van der Waals surface area contributed by atoms with Crippen LogP contribution in [0.2, 0.25) is 0 Å². The van der Waals surface area contributed by atoms with E-state index in [9.17, 15) is 19.5 Å². The predicted molar refractivity (Wildman–Crippen MR) is 139 cm³/mol. The van der Waals surface area contributed by atoms with Gasteiger partial charge in [0.25, 0.3) is 11.8 Å². The maximum absolute atomic E-state index is 13.1. The number of carboxylic acid groups (broad SMARTS) is 1. The summed E-state index contributed by atoms with van der Waals surface area (Å²) in [7, 11) is 3.24. The molecule has 2 amide bonds. The summed E-state index contributed by atoms with van der Waals surface area (Å²) in [6.07, 6.45) is 8.12. The summed E-state index contributed by atoms with van der Waals surface area (Å²) in [5.74, 6) is -1.98. The minimum absolute atomic E-state index is 0.0496. The van der Waals surface area contributed by atoms with Crippen molar-refractivity contribution in [3.63, 3.8) is 0 Å². The van der Waals surface area contributed by atoms with E-state index in [4.69, 9.17) is 10.6 Å². The van der Waals surface area contributed by atoms with Gasteiger partial charge in [-0.25, -0.2) is 9.78 Å². The number of allylic oxidation sites excluding steroid dienone is 4. The van der Waals surface area contributed by atoms with Crippen LogP contribution in [0.1, 0.15) is 19.0 Å². The van der Waals surface area contributed by atoms with Crippen LogP contribution in [0.3, 0.4) is 0 Å². The van der Waals surface area contributed by atoms with Gasteiger partial charge in [0.1, 0.15) is 43.2 Å². The summed E-state index contributed by atoms with van der Waals surface area (Å²) in [6, 6.07) is -0.921. The summed E-state index contributed by atoms with van der Waals surface area (Å²) >= 11 is 2.53. The number of hydrogen-bond acceptors (Lipinski definition) is 10. The van der Waals surface area contributed by atoms with E-state index in [-0.39, 0.29) is 26.8 Å². The van der Waals surface area contributed by atoms with Crippen molar-refractivity contribution < 1.29 is 28.9 Å². The summed E-state index contributed by atoms with van der Waals surface area (Å²) in [6.45, 7) is 1.99. The van der Waals surface area contributed by atoms with Gasteiger partial charge in [-0.05, 0) is 18.6 Å². The van der Waals surface area contributed by atoms with E-state index >= 15 is 0 Å². The number of aliphatic carboxylic acids is 1. The molecule has 0 aromatic carbocycles. The molecule has 0 bridgehead atoms. The Morgan fingerprint density at radius 3 is 2.86 bits per heavy atom. The quantitative estimate of drug-likeness (QED) is 0.202. The molecule has 1 aromatic rings. The van der Waals surface area contributed by atoms with Crippen LogP contribution in [0.4, 0.5) is 5.13 Å². The van der Waals surface area contributed by atoms with Gasteiger partial charge in [-0.2, -0.15) is 0 Å². The van der Waals surface area contributed by atoms with Crippen molar-refractivity contribution >= 4 is 57.9 Å². The molecule has 0 aliphatic carbocycles. The lowest BCUT2D eigenvalue weighted by molar-refractivity contribution is -0.822. The Morgan fingerprint density at radius 2 is 2.19 bits per heavy atom. The summed E-state index contributed by atoms with van der Waals surface area (Å²) in [5, 5.41) is 22.3. The molecule has 0 saturated carbocycles. The van der Waals surface area contributed by atoms with Crippen LogP contribution in [-0.4, -0.2) is 80.6 Å². The number of β-lactam (4-membered cyclic amide) rings is 1. The van der Waals surface area contributed by atoms with E-state index in [0.29, 0.717) is 17.7 Å². The number of anilines is 1. The number of aromatic nitrogens is 1. The standard InChI is InChI=1S/C23H23N7O5S2/c1-11-4-5-15-12(7-25-30(15,2)8-11)6-13-9-36-21-17(20(32)29(21)18(13)22(33)34)27-19(31)16(28-35-3)14-10-37-23(24)26-14/h4-5,7-8,10,17,21H,6,9H2,1-3H3,(H3-,24,26,27,31,33,34)/p+1/t17-,21+,30?/m1/s1. The third-order valence-electron chi connectivity index (χ3n) is 6.33. The Kier molecular flexibility index (Phi) is 6.25. The minimum Gasteiger partial charge on any atom is -0.477 e. The SMILES string of the molecule is CON=C(C(=O)N[C@@H]1C(=O)N2C(C(=O)O)=C(CC3=C4C=CC(C)=C[N+]4(C)N=C3)CS[C@@H]12)c1csc(N)n1. The first-order chi connectivity index (χ1) is 17.6. The van der Waals surface area contributed by atoms with Crippen LogP contribution >= 0.6 is 23.1 Å². The van der Waals surface area contributed by atoms with Crippen LogP contribution in [0.25, 0.3) is 0 Å². The van der Waals surface area contributed by atoms with Crippen molar-refractivity contribution in [2.45, 2.75) is 24.8 Å². The molecule has 14 heteroatoms. The van der Waals surface area contributed by atoms with Gasteiger partial charge in [0.15, 0.2) is 16.5 Å². The number of hydrogen-bond donors (Lipinski definition) is 3. The zero-order valence-corrected chi connectivity index (χ0v) is 21.8. The maximum atomic E-state index is 13.1. The molecular weight excluding hydrogens is 518 g/mol. The fourth-order valence-corrected chi connectivity index (χ4v) is 6.60. The Bertz CT molecular complexity index is 1410. The first-order valence-corrected chi connectivity index (χ1v) is 13.1. The molecule has 4 aliphatic rings. The van der Waals surface area contributed by atoms with Crippen LogP contribution < -0.4 is 11.1 Å². The highest BCUT2D eigenvalue weighted by Crippen LogP contribution is 2.43. The first-order valence-electron chi connectivity index (χ1n) is 11.2. The molecule has 4 aliphatic heterocycles. The fraction of sp³-hybridized carbons (Fsp3) is 0.304. The second-order valence-corrected chi connectivity index (χ2v) is 10.9. The summed E-state index contributed by atoms with van der Waals surface area (Å²) < 4.78 is 0.274. The van der Waals surface area contributed by atoms with E-state index in [2.05, 4.69) is 20.6 Å². The molecular formula is C23H24N7O5S2+. The van der Waals surface area contributed by atoms with E-state index in [0.717, 1.165) is 28.2 Å². The van der Waals surface area contributed by atoms with Gasteiger partial charge in [-0.15, -0.1) is 27.7 Å². The van der Waals surface area contributed by atoms with Gasteiger partial charge in [0.05, 0.1) is 6.21 Å². The lowest BCUT2D eigenvalue weighted by Gasteiger charge is -2.49. The molecule has 12 nitrogen and oxygen atoms in total. The van der Waals surface area contributed by atoms with E-state index in [1.54, 1.807) is 11.6 Å². The van der Waals surface area contributed by atoms with Crippen molar-refractivity contribution in [3.05, 3.63) is 57.5 Å². The number of amides is 2. The molecule has 5 rings (SSSR count). The third kappa shape index (κ3) is 4.26. The number of nitrogens with two attached hydrogens (primary N) is 1. The number of thioether (sulfide) groups is 1. The Labute approximate surface area is 220 Å². The van der Waals surface area contributed by atoms with E-state index < -0.39 is 29.2 Å². The minimum atomic E-state index is -1.19. The number of rotatable bonds is 7. The largest absolute Gasteiger partial charge is 0.477 e. The molecule has 5 heterocycles. The predicted octanol–water partition coefficient (Wildman–Crippen LogP) is 1.38. The molecule has 192 valence electrons. The van der Waals surface area contributed by atoms with Gasteiger partial charge in [-0.1, -0.05) is 10.3 Å². The number of carboxylic acids is 1. The van der Waals surface area contributed by atoms with Crippen molar-refractivity contribution in [2.75, 3.05) is 25.6 Å². The number of quaternary nitrogens is 1. The first kappa shape index (κ1) is 24.9. The third-order valence-corrected chi connectivity index (χ3v) is 8.35. The molecule has 1 aromatic heterocycles. The van der Waals surface area contributed by atoms with Crippen LogP contribution in [0.5, 0.6) is 0 Å². The molecule has 37 heavy (non-hydrogen) atoms. The molecule has 1 fully saturated rings. The molecule has 0 spiro atoms. The van der Waals surface area contributed by atoms with Crippen LogP contribution in [0, 0.1) is 0 Å². The van der Waals surface area contributed by atoms with Crippen molar-refractivity contribution in [2.24, 2.45) is 10.3 Å². The molecule has 4 N–H and O–H groups in total. The average molecular weight is 543 g/mol. The molecule has 3 atom stereocenters. The molecule has 0 radical (unpaired) electrons.